The van der Waals surface area contributed by atoms with Crippen LogP contribution >= 0.6 is 0 Å². The van der Waals surface area contributed by atoms with E-state index in [1.54, 1.807) is 17.1 Å². The molecule has 0 N–H and O–H groups in total. The third-order valence-electron chi connectivity index (χ3n) is 5.43. The molecule has 6 heteroatoms. The van der Waals surface area contributed by atoms with Crippen molar-refractivity contribution in [3.8, 4) is 5.69 Å². The molecule has 6 nitrogen and oxygen atoms in total. The van der Waals surface area contributed by atoms with Crippen LogP contribution in [0.2, 0.25) is 0 Å². The molecule has 4 rings (SSSR count). The van der Waals surface area contributed by atoms with Gasteiger partial charge in [-0.1, -0.05) is 31.0 Å². The predicted octanol–water partition coefficient (Wildman–Crippen LogP) is 2.35. The van der Waals surface area contributed by atoms with Gasteiger partial charge in [-0.3, -0.25) is 9.59 Å². The minimum Gasteiger partial charge on any atom is -0.339 e. The van der Waals surface area contributed by atoms with E-state index < -0.39 is 0 Å². The van der Waals surface area contributed by atoms with E-state index in [0.29, 0.717) is 31.7 Å². The molecule has 26 heavy (non-hydrogen) atoms. The van der Waals surface area contributed by atoms with E-state index in [1.165, 1.54) is 12.8 Å². The van der Waals surface area contributed by atoms with Gasteiger partial charge in [0.2, 0.25) is 5.91 Å². The van der Waals surface area contributed by atoms with Crippen LogP contribution in [0.25, 0.3) is 5.69 Å². The number of carbonyl (C=O) groups excluding carboxylic acids is 2. The highest BCUT2D eigenvalue weighted by Gasteiger charge is 2.30. The fraction of sp³-hybridized carbons (Fsp3) is 0.450. The van der Waals surface area contributed by atoms with Crippen molar-refractivity contribution in [1.82, 2.24) is 19.6 Å². The van der Waals surface area contributed by atoms with Gasteiger partial charge in [-0.25, -0.2) is 4.68 Å². The van der Waals surface area contributed by atoms with Crippen molar-refractivity contribution in [2.24, 2.45) is 5.92 Å². The number of carbonyl (C=O) groups is 2. The van der Waals surface area contributed by atoms with E-state index in [2.05, 4.69) is 5.10 Å². The molecule has 0 bridgehead atoms. The lowest BCUT2D eigenvalue weighted by atomic mass is 10.1. The third-order valence-corrected chi connectivity index (χ3v) is 5.43. The van der Waals surface area contributed by atoms with Crippen LogP contribution in [-0.4, -0.2) is 57.6 Å². The molecule has 2 fully saturated rings. The van der Waals surface area contributed by atoms with Gasteiger partial charge in [0.25, 0.3) is 5.91 Å². The normalized spacial score (nSPS) is 18.3. The topological polar surface area (TPSA) is 58.4 Å². The molecule has 136 valence electrons. The van der Waals surface area contributed by atoms with Gasteiger partial charge in [0.1, 0.15) is 0 Å². The third kappa shape index (κ3) is 3.36. The van der Waals surface area contributed by atoms with Gasteiger partial charge >= 0.3 is 0 Å². The molecule has 1 saturated heterocycles. The summed E-state index contributed by atoms with van der Waals surface area (Å²) in [5.74, 6) is 0.480. The average molecular weight is 352 g/mol. The largest absolute Gasteiger partial charge is 0.339 e. The van der Waals surface area contributed by atoms with Crippen molar-refractivity contribution in [2.75, 3.05) is 26.2 Å². The molecule has 1 saturated carbocycles. The Bertz CT molecular complexity index is 772. The second-order valence-corrected chi connectivity index (χ2v) is 7.11. The number of benzene rings is 1. The first-order valence-corrected chi connectivity index (χ1v) is 9.40. The minimum atomic E-state index is -0.0138. The predicted molar refractivity (Wildman–Crippen MR) is 98.0 cm³/mol. The Balaban J connectivity index is 1.36. The quantitative estimate of drug-likeness (QED) is 0.852. The van der Waals surface area contributed by atoms with Crippen LogP contribution in [0.5, 0.6) is 0 Å². The number of piperazine rings is 1. The first-order chi connectivity index (χ1) is 12.7. The van der Waals surface area contributed by atoms with Crippen molar-refractivity contribution < 1.29 is 9.59 Å². The van der Waals surface area contributed by atoms with E-state index in [1.807, 2.05) is 40.1 Å². The van der Waals surface area contributed by atoms with Gasteiger partial charge in [-0.2, -0.15) is 5.10 Å². The monoisotopic (exact) mass is 352 g/mol. The second-order valence-electron chi connectivity index (χ2n) is 7.11. The molecule has 2 heterocycles. The Morgan fingerprint density at radius 3 is 2.27 bits per heavy atom. The second kappa shape index (κ2) is 7.32. The first kappa shape index (κ1) is 16.8. The molecule has 1 aliphatic carbocycles. The average Bonchev–Trinajstić information content (AvgIpc) is 3.40. The number of amides is 2. The van der Waals surface area contributed by atoms with Crippen molar-refractivity contribution in [3.63, 3.8) is 0 Å². The summed E-state index contributed by atoms with van der Waals surface area (Å²) in [5, 5.41) is 4.30. The molecule has 1 aromatic heterocycles. The van der Waals surface area contributed by atoms with Gasteiger partial charge < -0.3 is 9.80 Å². The lowest BCUT2D eigenvalue weighted by Crippen LogP contribution is -2.51. The van der Waals surface area contributed by atoms with Gasteiger partial charge in [-0.05, 0) is 25.0 Å². The Morgan fingerprint density at radius 2 is 1.58 bits per heavy atom. The van der Waals surface area contributed by atoms with Crippen LogP contribution in [-0.2, 0) is 4.79 Å². The summed E-state index contributed by atoms with van der Waals surface area (Å²) in [6.07, 6.45) is 7.77. The zero-order valence-electron chi connectivity index (χ0n) is 14.9. The molecule has 2 aliphatic rings. The van der Waals surface area contributed by atoms with Crippen molar-refractivity contribution in [3.05, 3.63) is 48.3 Å². The highest BCUT2D eigenvalue weighted by molar-refractivity contribution is 5.94. The number of hydrogen-bond donors (Lipinski definition) is 0. The SMILES string of the molecule is O=C(c1cnn(-c2ccccc2)c1)N1CCN(C(=O)C2CCCC2)CC1. The molecule has 0 radical (unpaired) electrons. The number of rotatable bonds is 3. The Kier molecular flexibility index (Phi) is 4.73. The summed E-state index contributed by atoms with van der Waals surface area (Å²) in [4.78, 5) is 29.0. The van der Waals surface area contributed by atoms with Crippen molar-refractivity contribution in [1.29, 1.82) is 0 Å². The van der Waals surface area contributed by atoms with Gasteiger partial charge in [0.15, 0.2) is 0 Å². The number of nitrogens with zero attached hydrogens (tertiary/aromatic N) is 4. The van der Waals surface area contributed by atoms with E-state index in [-0.39, 0.29) is 17.7 Å². The maximum atomic E-state index is 12.7. The number of aromatic nitrogens is 2. The van der Waals surface area contributed by atoms with E-state index in [9.17, 15) is 9.59 Å². The summed E-state index contributed by atoms with van der Waals surface area (Å²) >= 11 is 0. The van der Waals surface area contributed by atoms with Crippen LogP contribution in [0.15, 0.2) is 42.7 Å². The van der Waals surface area contributed by atoms with E-state index in [0.717, 1.165) is 18.5 Å². The Morgan fingerprint density at radius 1 is 0.923 bits per heavy atom. The fourth-order valence-corrected chi connectivity index (χ4v) is 3.90. The van der Waals surface area contributed by atoms with Crippen LogP contribution in [0.1, 0.15) is 36.0 Å². The summed E-state index contributed by atoms with van der Waals surface area (Å²) < 4.78 is 1.72. The highest BCUT2D eigenvalue weighted by atomic mass is 16.2. The van der Waals surface area contributed by atoms with Gasteiger partial charge in [-0.15, -0.1) is 0 Å². The molecule has 2 amide bonds. The lowest BCUT2D eigenvalue weighted by Gasteiger charge is -2.35. The summed E-state index contributed by atoms with van der Waals surface area (Å²) in [7, 11) is 0. The lowest BCUT2D eigenvalue weighted by molar-refractivity contribution is -0.136. The fourth-order valence-electron chi connectivity index (χ4n) is 3.90. The highest BCUT2D eigenvalue weighted by Crippen LogP contribution is 2.27. The van der Waals surface area contributed by atoms with Crippen LogP contribution in [0.3, 0.4) is 0 Å². The summed E-state index contributed by atoms with van der Waals surface area (Å²) in [6.45, 7) is 2.45. The summed E-state index contributed by atoms with van der Waals surface area (Å²) in [6, 6.07) is 9.74. The molecule has 0 atom stereocenters. The first-order valence-electron chi connectivity index (χ1n) is 9.40. The zero-order chi connectivity index (χ0) is 17.9. The standard InChI is InChI=1S/C20H24N4O2/c25-19(16-6-4-5-7-16)22-10-12-23(13-11-22)20(26)17-14-21-24(15-17)18-8-2-1-3-9-18/h1-3,8-9,14-16H,4-7,10-13H2. The molecule has 0 unspecified atom stereocenters. The zero-order valence-corrected chi connectivity index (χ0v) is 14.9. The Hall–Kier alpha value is -2.63. The molecule has 0 spiro atoms. The van der Waals surface area contributed by atoms with Gasteiger partial charge in [0, 0.05) is 38.3 Å². The van der Waals surface area contributed by atoms with Gasteiger partial charge in [0.05, 0.1) is 17.4 Å². The number of hydrogen-bond acceptors (Lipinski definition) is 3. The van der Waals surface area contributed by atoms with Crippen LogP contribution in [0.4, 0.5) is 0 Å². The maximum absolute atomic E-state index is 12.7. The molecule has 1 aromatic carbocycles. The van der Waals surface area contributed by atoms with Crippen molar-refractivity contribution in [2.45, 2.75) is 25.7 Å². The van der Waals surface area contributed by atoms with Crippen molar-refractivity contribution >= 4 is 11.8 Å². The molecular weight excluding hydrogens is 328 g/mol. The number of para-hydroxylation sites is 1. The van der Waals surface area contributed by atoms with E-state index >= 15 is 0 Å². The maximum Gasteiger partial charge on any atom is 0.257 e. The van der Waals surface area contributed by atoms with Crippen LogP contribution in [0, 0.1) is 5.92 Å². The minimum absolute atomic E-state index is 0.0138. The molecule has 2 aromatic rings. The molecule has 1 aliphatic heterocycles. The molecular formula is C20H24N4O2. The van der Waals surface area contributed by atoms with Crippen LogP contribution < -0.4 is 0 Å². The van der Waals surface area contributed by atoms with E-state index in [4.69, 9.17) is 0 Å². The summed E-state index contributed by atoms with van der Waals surface area (Å²) in [5.41, 5.74) is 1.52. The smallest absolute Gasteiger partial charge is 0.257 e. The Labute approximate surface area is 153 Å².